The number of halogens is 1. The summed E-state index contributed by atoms with van der Waals surface area (Å²) in [5.41, 5.74) is 4.93. The van der Waals surface area contributed by atoms with Crippen molar-refractivity contribution in [2.45, 2.75) is 27.7 Å². The molecule has 15 heavy (non-hydrogen) atoms. The molecule has 1 rings (SSSR count). The van der Waals surface area contributed by atoms with Gasteiger partial charge in [-0.05, 0) is 49.9 Å². The molecule has 2 nitrogen and oxygen atoms in total. The van der Waals surface area contributed by atoms with Crippen LogP contribution in [0.15, 0.2) is 4.47 Å². The number of esters is 1. The smallest absolute Gasteiger partial charge is 0.338 e. The maximum Gasteiger partial charge on any atom is 0.338 e. The van der Waals surface area contributed by atoms with Crippen LogP contribution in [0.2, 0.25) is 0 Å². The lowest BCUT2D eigenvalue weighted by atomic mass is 9.94. The number of carbonyl (C=O) groups is 1. The summed E-state index contributed by atoms with van der Waals surface area (Å²) in [4.78, 5) is 11.6. The van der Waals surface area contributed by atoms with Crippen molar-refractivity contribution in [1.29, 1.82) is 0 Å². The number of carbonyl (C=O) groups excluding carboxylic acids is 1. The molecule has 0 N–H and O–H groups in total. The van der Waals surface area contributed by atoms with Crippen molar-refractivity contribution in [3.8, 4) is 0 Å². The number of hydrogen-bond acceptors (Lipinski definition) is 2. The number of methoxy groups -OCH3 is 1. The van der Waals surface area contributed by atoms with Gasteiger partial charge in [-0.25, -0.2) is 4.79 Å². The summed E-state index contributed by atoms with van der Waals surface area (Å²) in [6.45, 7) is 7.94. The van der Waals surface area contributed by atoms with Crippen molar-refractivity contribution in [2.24, 2.45) is 0 Å². The first-order valence-corrected chi connectivity index (χ1v) is 5.55. The Labute approximate surface area is 98.8 Å². The Morgan fingerprint density at radius 1 is 1.00 bits per heavy atom. The van der Waals surface area contributed by atoms with Crippen LogP contribution >= 0.6 is 15.9 Å². The molecule has 0 saturated heterocycles. The van der Waals surface area contributed by atoms with Crippen LogP contribution in [0, 0.1) is 27.7 Å². The number of benzene rings is 1. The molecule has 0 heterocycles. The highest BCUT2D eigenvalue weighted by atomic mass is 79.9. The van der Waals surface area contributed by atoms with Crippen LogP contribution < -0.4 is 0 Å². The number of rotatable bonds is 1. The minimum atomic E-state index is -0.270. The molecule has 0 radical (unpaired) electrons. The first kappa shape index (κ1) is 12.2. The normalized spacial score (nSPS) is 10.3. The molecular formula is C12H15BrO2. The van der Waals surface area contributed by atoms with E-state index in [1.54, 1.807) is 0 Å². The van der Waals surface area contributed by atoms with E-state index in [0.29, 0.717) is 5.56 Å². The van der Waals surface area contributed by atoms with Crippen LogP contribution in [-0.2, 0) is 4.74 Å². The summed E-state index contributed by atoms with van der Waals surface area (Å²) in [5.74, 6) is -0.270. The van der Waals surface area contributed by atoms with Gasteiger partial charge in [0.25, 0.3) is 0 Å². The van der Waals surface area contributed by atoms with E-state index in [9.17, 15) is 4.79 Å². The van der Waals surface area contributed by atoms with E-state index >= 15 is 0 Å². The lowest BCUT2D eigenvalue weighted by Gasteiger charge is -2.15. The summed E-state index contributed by atoms with van der Waals surface area (Å²) in [6, 6.07) is 0. The standard InChI is InChI=1S/C12H15BrO2/c1-6-7(2)10(12(14)15-5)9(4)11(13)8(6)3/h1-5H3. The summed E-state index contributed by atoms with van der Waals surface area (Å²) in [5, 5.41) is 0. The van der Waals surface area contributed by atoms with Crippen molar-refractivity contribution in [2.75, 3.05) is 7.11 Å². The van der Waals surface area contributed by atoms with Crippen LogP contribution in [0.3, 0.4) is 0 Å². The van der Waals surface area contributed by atoms with Crippen LogP contribution in [0.1, 0.15) is 32.6 Å². The molecule has 3 heteroatoms. The highest BCUT2D eigenvalue weighted by Crippen LogP contribution is 2.30. The fraction of sp³-hybridized carbons (Fsp3) is 0.417. The average Bonchev–Trinajstić information content (AvgIpc) is 2.23. The molecule has 0 saturated carbocycles. The topological polar surface area (TPSA) is 26.3 Å². The molecule has 0 aromatic heterocycles. The zero-order chi connectivity index (χ0) is 11.7. The zero-order valence-corrected chi connectivity index (χ0v) is 11.3. The molecule has 0 amide bonds. The van der Waals surface area contributed by atoms with Gasteiger partial charge >= 0.3 is 5.97 Å². The van der Waals surface area contributed by atoms with Crippen LogP contribution in [0.25, 0.3) is 0 Å². The largest absolute Gasteiger partial charge is 0.465 e. The Bertz CT molecular complexity index is 393. The zero-order valence-electron chi connectivity index (χ0n) is 9.69. The maximum atomic E-state index is 11.6. The second-order valence-corrected chi connectivity index (χ2v) is 4.47. The second kappa shape index (κ2) is 4.35. The Hall–Kier alpha value is -0.830. The van der Waals surface area contributed by atoms with Crippen molar-refractivity contribution in [3.05, 3.63) is 32.3 Å². The van der Waals surface area contributed by atoms with Crippen molar-refractivity contribution < 1.29 is 9.53 Å². The highest BCUT2D eigenvalue weighted by molar-refractivity contribution is 9.10. The molecule has 0 atom stereocenters. The second-order valence-electron chi connectivity index (χ2n) is 3.68. The maximum absolute atomic E-state index is 11.6. The highest BCUT2D eigenvalue weighted by Gasteiger charge is 2.18. The van der Waals surface area contributed by atoms with Gasteiger partial charge in [0.15, 0.2) is 0 Å². The molecule has 1 aromatic carbocycles. The third-order valence-corrected chi connectivity index (χ3v) is 4.11. The van der Waals surface area contributed by atoms with Gasteiger partial charge in [0.2, 0.25) is 0 Å². The van der Waals surface area contributed by atoms with E-state index in [-0.39, 0.29) is 5.97 Å². The molecule has 1 aromatic rings. The van der Waals surface area contributed by atoms with Gasteiger partial charge in [0, 0.05) is 4.47 Å². The Morgan fingerprint density at radius 2 is 1.53 bits per heavy atom. The number of ether oxygens (including phenoxy) is 1. The van der Waals surface area contributed by atoms with Crippen molar-refractivity contribution in [1.82, 2.24) is 0 Å². The molecule has 0 fully saturated rings. The van der Waals surface area contributed by atoms with Crippen LogP contribution in [0.5, 0.6) is 0 Å². The Kier molecular flexibility index (Phi) is 3.55. The number of hydrogen-bond donors (Lipinski definition) is 0. The molecular weight excluding hydrogens is 256 g/mol. The van der Waals surface area contributed by atoms with Crippen molar-refractivity contribution >= 4 is 21.9 Å². The molecule has 0 bridgehead atoms. The van der Waals surface area contributed by atoms with Gasteiger partial charge in [0.1, 0.15) is 0 Å². The predicted molar refractivity (Wildman–Crippen MR) is 64.4 cm³/mol. The van der Waals surface area contributed by atoms with Crippen LogP contribution in [-0.4, -0.2) is 13.1 Å². The monoisotopic (exact) mass is 270 g/mol. The predicted octanol–water partition coefficient (Wildman–Crippen LogP) is 3.47. The van der Waals surface area contributed by atoms with Gasteiger partial charge in [-0.15, -0.1) is 0 Å². The van der Waals surface area contributed by atoms with Crippen LogP contribution in [0.4, 0.5) is 0 Å². The third kappa shape index (κ3) is 1.93. The summed E-state index contributed by atoms with van der Waals surface area (Å²) >= 11 is 3.50. The van der Waals surface area contributed by atoms with E-state index in [1.807, 2.05) is 27.7 Å². The Morgan fingerprint density at radius 3 is 2.00 bits per heavy atom. The molecule has 0 aliphatic rings. The quantitative estimate of drug-likeness (QED) is 0.731. The first-order valence-electron chi connectivity index (χ1n) is 4.76. The van der Waals surface area contributed by atoms with E-state index < -0.39 is 0 Å². The molecule has 0 aliphatic carbocycles. The summed E-state index contributed by atoms with van der Waals surface area (Å²) in [6.07, 6.45) is 0. The van der Waals surface area contributed by atoms with Gasteiger partial charge in [-0.2, -0.15) is 0 Å². The molecule has 0 unspecified atom stereocenters. The summed E-state index contributed by atoms with van der Waals surface area (Å²) in [7, 11) is 1.41. The lowest BCUT2D eigenvalue weighted by molar-refractivity contribution is 0.0599. The van der Waals surface area contributed by atoms with Gasteiger partial charge in [-0.1, -0.05) is 15.9 Å². The lowest BCUT2D eigenvalue weighted by Crippen LogP contribution is -2.09. The van der Waals surface area contributed by atoms with Gasteiger partial charge in [-0.3, -0.25) is 0 Å². The first-order chi connectivity index (χ1) is 6.91. The fourth-order valence-electron chi connectivity index (χ4n) is 1.71. The Balaban J connectivity index is 3.60. The van der Waals surface area contributed by atoms with Gasteiger partial charge < -0.3 is 4.74 Å². The van der Waals surface area contributed by atoms with E-state index in [0.717, 1.165) is 21.2 Å². The average molecular weight is 271 g/mol. The summed E-state index contributed by atoms with van der Waals surface area (Å²) < 4.78 is 5.78. The van der Waals surface area contributed by atoms with E-state index in [4.69, 9.17) is 4.74 Å². The minimum Gasteiger partial charge on any atom is -0.465 e. The van der Waals surface area contributed by atoms with Gasteiger partial charge in [0.05, 0.1) is 12.7 Å². The van der Waals surface area contributed by atoms with E-state index in [1.165, 1.54) is 12.7 Å². The molecule has 82 valence electrons. The minimum absolute atomic E-state index is 0.270. The SMILES string of the molecule is COC(=O)c1c(C)c(C)c(C)c(Br)c1C. The van der Waals surface area contributed by atoms with E-state index in [2.05, 4.69) is 15.9 Å². The fourth-order valence-corrected chi connectivity index (χ4v) is 2.21. The van der Waals surface area contributed by atoms with Crippen molar-refractivity contribution in [3.63, 3.8) is 0 Å². The molecule has 0 spiro atoms. The third-order valence-electron chi connectivity index (χ3n) is 2.92. The molecule has 0 aliphatic heterocycles.